The van der Waals surface area contributed by atoms with E-state index in [2.05, 4.69) is 20.4 Å². The molecule has 1 aliphatic heterocycles. The average Bonchev–Trinajstić information content (AvgIpc) is 3.12. The van der Waals surface area contributed by atoms with Gasteiger partial charge in [0.15, 0.2) is 5.82 Å². The van der Waals surface area contributed by atoms with Crippen molar-refractivity contribution in [1.82, 2.24) is 20.4 Å². The van der Waals surface area contributed by atoms with Gasteiger partial charge >= 0.3 is 0 Å². The number of nitrogens with zero attached hydrogens (tertiary/aromatic N) is 3. The minimum absolute atomic E-state index is 0.478. The first-order valence-electron chi connectivity index (χ1n) is 6.87. The molecule has 3 rings (SSSR count). The molecular weight excluding hydrogens is 256 g/mol. The van der Waals surface area contributed by atoms with E-state index in [4.69, 9.17) is 9.26 Å². The zero-order valence-corrected chi connectivity index (χ0v) is 11.5. The molecule has 0 bridgehead atoms. The van der Waals surface area contributed by atoms with Crippen molar-refractivity contribution in [2.24, 2.45) is 0 Å². The van der Waals surface area contributed by atoms with E-state index in [1.165, 1.54) is 12.8 Å². The van der Waals surface area contributed by atoms with Crippen LogP contribution in [0.5, 0.6) is 5.88 Å². The molecule has 3 heterocycles. The number of ether oxygens (including phenoxy) is 1. The molecule has 1 atom stereocenters. The molecule has 6 nitrogen and oxygen atoms in total. The summed E-state index contributed by atoms with van der Waals surface area (Å²) in [7, 11) is 1.60. The number of rotatable bonds is 5. The van der Waals surface area contributed by atoms with Crippen LogP contribution in [0, 0.1) is 0 Å². The Morgan fingerprint density at radius 2 is 2.40 bits per heavy atom. The fraction of sp³-hybridized carbons (Fsp3) is 0.500. The number of pyridine rings is 1. The number of hydrogen-bond donors (Lipinski definition) is 1. The second-order valence-corrected chi connectivity index (χ2v) is 4.99. The van der Waals surface area contributed by atoms with Gasteiger partial charge in [0.2, 0.25) is 11.8 Å². The molecule has 2 aromatic heterocycles. The molecule has 0 aliphatic carbocycles. The van der Waals surface area contributed by atoms with Gasteiger partial charge < -0.3 is 14.6 Å². The van der Waals surface area contributed by atoms with Crippen LogP contribution in [0.15, 0.2) is 22.9 Å². The van der Waals surface area contributed by atoms with Crippen molar-refractivity contribution in [2.75, 3.05) is 13.7 Å². The third kappa shape index (κ3) is 3.14. The SMILES string of the molecule is COc1ccc(Cc2noc(CC3CCCN3)n2)cn1. The minimum atomic E-state index is 0.478. The van der Waals surface area contributed by atoms with Crippen LogP contribution >= 0.6 is 0 Å². The smallest absolute Gasteiger partial charge is 0.228 e. The molecule has 1 N–H and O–H groups in total. The zero-order valence-electron chi connectivity index (χ0n) is 11.5. The molecule has 2 aromatic rings. The average molecular weight is 274 g/mol. The van der Waals surface area contributed by atoms with Crippen LogP contribution in [0.1, 0.15) is 30.1 Å². The van der Waals surface area contributed by atoms with Gasteiger partial charge in [-0.15, -0.1) is 0 Å². The summed E-state index contributed by atoms with van der Waals surface area (Å²) in [6.45, 7) is 1.09. The van der Waals surface area contributed by atoms with E-state index in [-0.39, 0.29) is 0 Å². The summed E-state index contributed by atoms with van der Waals surface area (Å²) in [6.07, 6.45) is 5.61. The molecule has 0 aromatic carbocycles. The highest BCUT2D eigenvalue weighted by Crippen LogP contribution is 2.13. The van der Waals surface area contributed by atoms with Gasteiger partial charge in [-0.3, -0.25) is 0 Å². The van der Waals surface area contributed by atoms with E-state index in [0.717, 1.165) is 18.5 Å². The standard InChI is InChI=1S/C14H18N4O2/c1-19-13-5-4-10(9-16-13)7-12-17-14(20-18-12)8-11-3-2-6-15-11/h4-5,9,11,15H,2-3,6-8H2,1H3. The highest BCUT2D eigenvalue weighted by molar-refractivity contribution is 5.20. The summed E-state index contributed by atoms with van der Waals surface area (Å²) < 4.78 is 10.3. The normalized spacial score (nSPS) is 18.4. The van der Waals surface area contributed by atoms with Crippen LogP contribution in [0.3, 0.4) is 0 Å². The van der Waals surface area contributed by atoms with Gasteiger partial charge in [-0.2, -0.15) is 4.98 Å². The van der Waals surface area contributed by atoms with Crippen molar-refractivity contribution in [2.45, 2.75) is 31.7 Å². The predicted molar refractivity (Wildman–Crippen MR) is 72.6 cm³/mol. The molecule has 1 aliphatic rings. The summed E-state index contributed by atoms with van der Waals surface area (Å²) in [4.78, 5) is 8.60. The Morgan fingerprint density at radius 1 is 1.45 bits per heavy atom. The second-order valence-electron chi connectivity index (χ2n) is 4.99. The lowest BCUT2D eigenvalue weighted by Crippen LogP contribution is -2.23. The molecule has 0 saturated carbocycles. The molecule has 0 amide bonds. The van der Waals surface area contributed by atoms with Gasteiger partial charge in [-0.05, 0) is 24.9 Å². The van der Waals surface area contributed by atoms with Gasteiger partial charge in [0.25, 0.3) is 0 Å². The maximum absolute atomic E-state index is 5.30. The van der Waals surface area contributed by atoms with E-state index in [1.807, 2.05) is 12.1 Å². The van der Waals surface area contributed by atoms with Gasteiger partial charge in [0, 0.05) is 31.1 Å². The van der Waals surface area contributed by atoms with Gasteiger partial charge in [0.1, 0.15) is 0 Å². The molecule has 106 valence electrons. The lowest BCUT2D eigenvalue weighted by Gasteiger charge is -2.04. The number of aromatic nitrogens is 3. The first kappa shape index (κ1) is 13.1. The third-order valence-electron chi connectivity index (χ3n) is 3.46. The fourth-order valence-electron chi connectivity index (χ4n) is 2.41. The molecular formula is C14H18N4O2. The van der Waals surface area contributed by atoms with Crippen LogP contribution in [0.2, 0.25) is 0 Å². The molecule has 1 saturated heterocycles. The molecule has 1 unspecified atom stereocenters. The van der Waals surface area contributed by atoms with Crippen molar-refractivity contribution in [3.63, 3.8) is 0 Å². The third-order valence-corrected chi connectivity index (χ3v) is 3.46. The van der Waals surface area contributed by atoms with Gasteiger partial charge in [-0.25, -0.2) is 4.98 Å². The predicted octanol–water partition coefficient (Wildman–Crippen LogP) is 1.36. The monoisotopic (exact) mass is 274 g/mol. The van der Waals surface area contributed by atoms with Crippen molar-refractivity contribution in [1.29, 1.82) is 0 Å². The zero-order chi connectivity index (χ0) is 13.8. The van der Waals surface area contributed by atoms with Crippen molar-refractivity contribution in [3.8, 4) is 5.88 Å². The number of nitrogens with one attached hydrogen (secondary N) is 1. The Hall–Kier alpha value is -1.95. The van der Waals surface area contributed by atoms with Crippen molar-refractivity contribution in [3.05, 3.63) is 35.6 Å². The number of methoxy groups -OCH3 is 1. The topological polar surface area (TPSA) is 73.1 Å². The molecule has 0 radical (unpaired) electrons. The molecule has 20 heavy (non-hydrogen) atoms. The molecule has 1 fully saturated rings. The van der Waals surface area contributed by atoms with Crippen LogP contribution < -0.4 is 10.1 Å². The summed E-state index contributed by atoms with van der Waals surface area (Å²) >= 11 is 0. The molecule has 0 spiro atoms. The van der Waals surface area contributed by atoms with Gasteiger partial charge in [-0.1, -0.05) is 11.2 Å². The Balaban J connectivity index is 1.60. The van der Waals surface area contributed by atoms with Crippen LogP contribution in [-0.2, 0) is 12.8 Å². The molecule has 6 heteroatoms. The fourth-order valence-corrected chi connectivity index (χ4v) is 2.41. The lowest BCUT2D eigenvalue weighted by atomic mass is 10.1. The lowest BCUT2D eigenvalue weighted by molar-refractivity contribution is 0.360. The first-order chi connectivity index (χ1) is 9.83. The summed E-state index contributed by atoms with van der Waals surface area (Å²) in [5.74, 6) is 2.01. The van der Waals surface area contributed by atoms with E-state index in [1.54, 1.807) is 13.3 Å². The Bertz CT molecular complexity index is 547. The van der Waals surface area contributed by atoms with E-state index in [0.29, 0.717) is 30.1 Å². The van der Waals surface area contributed by atoms with Crippen molar-refractivity contribution >= 4 is 0 Å². The summed E-state index contributed by atoms with van der Waals surface area (Å²) in [6, 6.07) is 4.27. The highest BCUT2D eigenvalue weighted by Gasteiger charge is 2.18. The van der Waals surface area contributed by atoms with Gasteiger partial charge in [0.05, 0.1) is 7.11 Å². The van der Waals surface area contributed by atoms with Crippen molar-refractivity contribution < 1.29 is 9.26 Å². The first-order valence-corrected chi connectivity index (χ1v) is 6.87. The number of hydrogen-bond acceptors (Lipinski definition) is 6. The Morgan fingerprint density at radius 3 is 3.10 bits per heavy atom. The summed E-state index contributed by atoms with van der Waals surface area (Å²) in [5, 5.41) is 7.45. The van der Waals surface area contributed by atoms with Crippen LogP contribution in [0.25, 0.3) is 0 Å². The van der Waals surface area contributed by atoms with E-state index < -0.39 is 0 Å². The highest BCUT2D eigenvalue weighted by atomic mass is 16.5. The Kier molecular flexibility index (Phi) is 3.92. The van der Waals surface area contributed by atoms with Crippen LogP contribution in [-0.4, -0.2) is 34.8 Å². The minimum Gasteiger partial charge on any atom is -0.481 e. The largest absolute Gasteiger partial charge is 0.481 e. The van der Waals surface area contributed by atoms with E-state index in [9.17, 15) is 0 Å². The van der Waals surface area contributed by atoms with E-state index >= 15 is 0 Å². The maximum atomic E-state index is 5.30. The van der Waals surface area contributed by atoms with Crippen LogP contribution in [0.4, 0.5) is 0 Å². The Labute approximate surface area is 117 Å². The maximum Gasteiger partial charge on any atom is 0.228 e. The summed E-state index contributed by atoms with van der Waals surface area (Å²) in [5.41, 5.74) is 1.04. The second kappa shape index (κ2) is 6.00. The quantitative estimate of drug-likeness (QED) is 0.887.